The zero-order chi connectivity index (χ0) is 14.8. The summed E-state index contributed by atoms with van der Waals surface area (Å²) in [4.78, 5) is 5.34. The van der Waals surface area contributed by atoms with Crippen LogP contribution in [0.5, 0.6) is 0 Å². The highest BCUT2D eigenvalue weighted by atomic mass is 35.5. The highest BCUT2D eigenvalue weighted by molar-refractivity contribution is 6.34. The number of β-amino-alcohol motifs (C(OH)–C–C–N with tert-alkyl or cyclic N) is 1. The maximum atomic E-state index is 10.2. The van der Waals surface area contributed by atoms with Crippen LogP contribution in [0, 0.1) is 0 Å². The van der Waals surface area contributed by atoms with Gasteiger partial charge in [-0.1, -0.05) is 35.0 Å². The molecule has 0 aromatic heterocycles. The summed E-state index contributed by atoms with van der Waals surface area (Å²) in [5.41, 5.74) is 1.62. The van der Waals surface area contributed by atoms with Gasteiger partial charge in [0.15, 0.2) is 6.10 Å². The molecule has 0 unspecified atom stereocenters. The van der Waals surface area contributed by atoms with Gasteiger partial charge in [0.25, 0.3) is 0 Å². The third-order valence-electron chi connectivity index (χ3n) is 3.15. The molecule has 2 rings (SSSR count). The van der Waals surface area contributed by atoms with Crippen molar-refractivity contribution in [2.75, 3.05) is 6.54 Å². The molecule has 0 aliphatic carbocycles. The van der Waals surface area contributed by atoms with Gasteiger partial charge in [0, 0.05) is 29.1 Å². The molecule has 0 fully saturated rings. The Morgan fingerprint density at radius 3 is 2.80 bits per heavy atom. The van der Waals surface area contributed by atoms with Crippen molar-refractivity contribution < 1.29 is 9.94 Å². The second kappa shape index (κ2) is 6.12. The molecule has 1 aromatic rings. The van der Waals surface area contributed by atoms with Gasteiger partial charge in [-0.3, -0.25) is 0 Å². The molecular formula is C15H21ClN2O2. The average Bonchev–Trinajstić information content (AvgIpc) is 2.85. The number of aliphatic hydroxyl groups excluding tert-OH is 1. The van der Waals surface area contributed by atoms with E-state index in [1.807, 2.05) is 24.3 Å². The van der Waals surface area contributed by atoms with Crippen LogP contribution in [0.3, 0.4) is 0 Å². The molecule has 0 amide bonds. The van der Waals surface area contributed by atoms with E-state index in [1.165, 1.54) is 0 Å². The lowest BCUT2D eigenvalue weighted by Crippen LogP contribution is -2.44. The Kier molecular flexibility index (Phi) is 4.68. The molecule has 110 valence electrons. The second-order valence-corrected chi connectivity index (χ2v) is 6.47. The molecule has 1 aliphatic heterocycles. The summed E-state index contributed by atoms with van der Waals surface area (Å²) >= 11 is 6.14. The van der Waals surface area contributed by atoms with Gasteiger partial charge in [-0.2, -0.15) is 0 Å². The molecule has 0 spiro atoms. The first kappa shape index (κ1) is 15.3. The molecule has 0 radical (unpaired) electrons. The molecule has 1 aliphatic rings. The lowest BCUT2D eigenvalue weighted by molar-refractivity contribution is -0.0181. The van der Waals surface area contributed by atoms with Crippen LogP contribution in [-0.4, -0.2) is 35.1 Å². The van der Waals surface area contributed by atoms with E-state index in [9.17, 15) is 5.11 Å². The quantitative estimate of drug-likeness (QED) is 0.898. The van der Waals surface area contributed by atoms with E-state index < -0.39 is 6.10 Å². The summed E-state index contributed by atoms with van der Waals surface area (Å²) < 4.78 is 0. The number of nitrogens with zero attached hydrogens (tertiary/aromatic N) is 1. The Morgan fingerprint density at radius 2 is 2.15 bits per heavy atom. The fraction of sp³-hybridized carbons (Fsp3) is 0.533. The van der Waals surface area contributed by atoms with E-state index in [4.69, 9.17) is 16.4 Å². The molecule has 0 bridgehead atoms. The monoisotopic (exact) mass is 296 g/mol. The fourth-order valence-corrected chi connectivity index (χ4v) is 2.24. The number of nitrogens with one attached hydrogen (secondary N) is 1. The van der Waals surface area contributed by atoms with E-state index in [0.29, 0.717) is 18.0 Å². The summed E-state index contributed by atoms with van der Waals surface area (Å²) in [5.74, 6) is 0. The normalized spacial score (nSPS) is 20.4. The number of hydrogen-bond donors (Lipinski definition) is 2. The lowest BCUT2D eigenvalue weighted by Gasteiger charge is -2.24. The third-order valence-corrected chi connectivity index (χ3v) is 3.48. The van der Waals surface area contributed by atoms with Gasteiger partial charge in [0.1, 0.15) is 6.10 Å². The Balaban J connectivity index is 1.93. The summed E-state index contributed by atoms with van der Waals surface area (Å²) in [6.45, 7) is 6.64. The highest BCUT2D eigenvalue weighted by Gasteiger charge is 2.30. The summed E-state index contributed by atoms with van der Waals surface area (Å²) in [6.07, 6.45) is -0.356. The minimum Gasteiger partial charge on any atom is -0.389 e. The van der Waals surface area contributed by atoms with Crippen molar-refractivity contribution in [2.45, 2.75) is 44.9 Å². The molecule has 1 heterocycles. The summed E-state index contributed by atoms with van der Waals surface area (Å²) in [7, 11) is 0. The number of halogens is 1. The number of hydrogen-bond acceptors (Lipinski definition) is 4. The molecule has 2 atom stereocenters. The van der Waals surface area contributed by atoms with Gasteiger partial charge in [-0.05, 0) is 26.8 Å². The van der Waals surface area contributed by atoms with Crippen LogP contribution in [0.2, 0.25) is 5.02 Å². The Morgan fingerprint density at radius 1 is 1.45 bits per heavy atom. The van der Waals surface area contributed by atoms with E-state index in [0.717, 1.165) is 11.3 Å². The molecule has 0 saturated carbocycles. The Bertz CT molecular complexity index is 497. The van der Waals surface area contributed by atoms with E-state index in [2.05, 4.69) is 31.2 Å². The van der Waals surface area contributed by atoms with Crippen molar-refractivity contribution in [3.63, 3.8) is 0 Å². The number of aliphatic hydroxyl groups is 1. The van der Waals surface area contributed by atoms with Crippen LogP contribution in [0.25, 0.3) is 0 Å². The zero-order valence-electron chi connectivity index (χ0n) is 12.1. The molecule has 1 aromatic carbocycles. The van der Waals surface area contributed by atoms with Crippen LogP contribution in [0.1, 0.15) is 32.8 Å². The van der Waals surface area contributed by atoms with E-state index in [-0.39, 0.29) is 11.6 Å². The van der Waals surface area contributed by atoms with Crippen LogP contribution in [0.4, 0.5) is 0 Å². The third kappa shape index (κ3) is 3.95. The molecule has 0 saturated heterocycles. The number of oxime groups is 1. The molecule has 20 heavy (non-hydrogen) atoms. The number of rotatable bonds is 4. The minimum absolute atomic E-state index is 0.0357. The van der Waals surface area contributed by atoms with Crippen LogP contribution < -0.4 is 5.32 Å². The first-order chi connectivity index (χ1) is 9.37. The van der Waals surface area contributed by atoms with Crippen molar-refractivity contribution in [2.24, 2.45) is 5.16 Å². The van der Waals surface area contributed by atoms with Gasteiger partial charge in [-0.15, -0.1) is 0 Å². The van der Waals surface area contributed by atoms with Crippen molar-refractivity contribution in [3.05, 3.63) is 34.9 Å². The standard InChI is InChI=1S/C15H21ClN2O2/c1-15(2,3)17-9-13(19)14-8-12(18-20-14)10-6-4-5-7-11(10)16/h4-7,13-14,17,19H,8-9H2,1-3H3/t13-,14+/m0/s1. The molecule has 4 nitrogen and oxygen atoms in total. The molecule has 5 heteroatoms. The maximum Gasteiger partial charge on any atom is 0.160 e. The first-order valence-electron chi connectivity index (χ1n) is 6.77. The van der Waals surface area contributed by atoms with Gasteiger partial charge in [-0.25, -0.2) is 0 Å². The second-order valence-electron chi connectivity index (χ2n) is 6.06. The Labute approximate surface area is 124 Å². The molecule has 2 N–H and O–H groups in total. The van der Waals surface area contributed by atoms with Gasteiger partial charge < -0.3 is 15.3 Å². The molecular weight excluding hydrogens is 276 g/mol. The van der Waals surface area contributed by atoms with Crippen LogP contribution >= 0.6 is 11.6 Å². The fourth-order valence-electron chi connectivity index (χ4n) is 2.00. The smallest absolute Gasteiger partial charge is 0.160 e. The first-order valence-corrected chi connectivity index (χ1v) is 7.15. The van der Waals surface area contributed by atoms with Crippen molar-refractivity contribution in [3.8, 4) is 0 Å². The zero-order valence-corrected chi connectivity index (χ0v) is 12.8. The topological polar surface area (TPSA) is 53.8 Å². The summed E-state index contributed by atoms with van der Waals surface area (Å²) in [5, 5.41) is 18.1. The van der Waals surface area contributed by atoms with Gasteiger partial charge >= 0.3 is 0 Å². The van der Waals surface area contributed by atoms with Crippen molar-refractivity contribution >= 4 is 17.3 Å². The average molecular weight is 297 g/mol. The van der Waals surface area contributed by atoms with Crippen LogP contribution in [0.15, 0.2) is 29.4 Å². The largest absolute Gasteiger partial charge is 0.389 e. The Hall–Kier alpha value is -1.10. The van der Waals surface area contributed by atoms with Gasteiger partial charge in [0.05, 0.1) is 5.71 Å². The minimum atomic E-state index is -0.599. The van der Waals surface area contributed by atoms with Crippen LogP contribution in [-0.2, 0) is 4.84 Å². The lowest BCUT2D eigenvalue weighted by atomic mass is 10.0. The van der Waals surface area contributed by atoms with E-state index >= 15 is 0 Å². The highest BCUT2D eigenvalue weighted by Crippen LogP contribution is 2.24. The van der Waals surface area contributed by atoms with Crippen molar-refractivity contribution in [1.82, 2.24) is 5.32 Å². The number of benzene rings is 1. The summed E-state index contributed by atoms with van der Waals surface area (Å²) in [6, 6.07) is 7.52. The van der Waals surface area contributed by atoms with Crippen molar-refractivity contribution in [1.29, 1.82) is 0 Å². The predicted octanol–water partition coefficient (Wildman–Crippen LogP) is 2.58. The van der Waals surface area contributed by atoms with E-state index in [1.54, 1.807) is 0 Å². The van der Waals surface area contributed by atoms with Gasteiger partial charge in [0.2, 0.25) is 0 Å². The maximum absolute atomic E-state index is 10.2. The predicted molar refractivity (Wildman–Crippen MR) is 81.2 cm³/mol. The SMILES string of the molecule is CC(C)(C)NC[C@H](O)[C@H]1CC(c2ccccc2Cl)=NO1.